The summed E-state index contributed by atoms with van der Waals surface area (Å²) in [5, 5.41) is 4.73. The zero-order valence-corrected chi connectivity index (χ0v) is 3.55. The van der Waals surface area contributed by atoms with Crippen LogP contribution in [0.15, 0.2) is 12.3 Å². The Morgan fingerprint density at radius 3 is 3.17 bits per heavy atom. The van der Waals surface area contributed by atoms with Crippen molar-refractivity contribution in [2.75, 3.05) is 0 Å². The van der Waals surface area contributed by atoms with Gasteiger partial charge in [-0.1, -0.05) is 0 Å². The largest absolute Gasteiger partial charge is 0.285 e. The van der Waals surface area contributed by atoms with E-state index in [0.717, 1.165) is 10.8 Å². The number of nitrogens with one attached hydrogen (secondary N) is 1. The predicted octanol–water partition coefficient (Wildman–Crippen LogP) is 0.718. The molecule has 0 atom stereocenters. The molecule has 2 nitrogen and oxygen atoms in total. The van der Waals surface area contributed by atoms with Gasteiger partial charge in [0, 0.05) is 6.20 Å². The molecule has 0 saturated heterocycles. The van der Waals surface area contributed by atoms with Crippen LogP contribution in [0.1, 0.15) is 5.69 Å². The molecular formula is C4H6N2. The molecule has 0 aromatic carbocycles. The molecule has 1 heterocycles. The minimum atomic E-state index is 0.884. The first-order valence-electron chi connectivity index (χ1n) is 2.25. The van der Waals surface area contributed by atoms with Gasteiger partial charge in [-0.3, -0.25) is 5.09 Å². The minimum Gasteiger partial charge on any atom is -0.285 e. The number of rotatable bonds is 0. The Kier molecular flexibility index (Phi) is 0.449. The Morgan fingerprint density at radius 2 is 3.00 bits per heavy atom. The molecule has 0 saturated carbocycles. The van der Waals surface area contributed by atoms with Gasteiger partial charge in [0.05, 0.1) is 5.69 Å². The van der Waals surface area contributed by atoms with Gasteiger partial charge in [0.1, 0.15) is 0 Å². The maximum atomic E-state index is 6.82. The van der Waals surface area contributed by atoms with Crippen LogP contribution in [0.4, 0.5) is 0 Å². The molecule has 0 spiro atoms. The maximum absolute atomic E-state index is 6.82. The van der Waals surface area contributed by atoms with E-state index in [0.29, 0.717) is 0 Å². The SMILES string of the molecule is [2H]n1ccc(C)n1. The van der Waals surface area contributed by atoms with Crippen molar-refractivity contribution in [3.8, 4) is 0 Å². The molecule has 0 fully saturated rings. The van der Waals surface area contributed by atoms with Crippen LogP contribution in [-0.2, 0) is 0 Å². The molecule has 0 amide bonds. The molecule has 0 bridgehead atoms. The average molecular weight is 83.1 g/mol. The molecule has 1 aromatic heterocycles. The van der Waals surface area contributed by atoms with Crippen molar-refractivity contribution >= 4 is 0 Å². The number of H-pyrrole nitrogens is 1. The van der Waals surface area contributed by atoms with Gasteiger partial charge in [-0.25, -0.2) is 0 Å². The fraction of sp³-hybridized carbons (Fsp3) is 0.250. The van der Waals surface area contributed by atoms with Crippen molar-refractivity contribution in [3.05, 3.63) is 18.0 Å². The first-order valence-corrected chi connectivity index (χ1v) is 1.80. The van der Waals surface area contributed by atoms with Gasteiger partial charge >= 0.3 is 0 Å². The molecule has 1 rings (SSSR count). The van der Waals surface area contributed by atoms with Crippen LogP contribution in [-0.4, -0.2) is 10.2 Å². The van der Waals surface area contributed by atoms with Crippen molar-refractivity contribution in [2.45, 2.75) is 6.92 Å². The third kappa shape index (κ3) is 0.407. The molecule has 0 aliphatic heterocycles. The van der Waals surface area contributed by atoms with Crippen LogP contribution in [0.3, 0.4) is 0 Å². The molecule has 0 unspecified atom stereocenters. The summed E-state index contributed by atoms with van der Waals surface area (Å²) in [7, 11) is 0. The van der Waals surface area contributed by atoms with Crippen LogP contribution < -0.4 is 0 Å². The van der Waals surface area contributed by atoms with Crippen molar-refractivity contribution in [1.82, 2.24) is 10.2 Å². The van der Waals surface area contributed by atoms with Crippen molar-refractivity contribution in [3.63, 3.8) is 0 Å². The molecule has 6 heavy (non-hydrogen) atoms. The molecule has 1 N–H and O–H groups in total. The lowest BCUT2D eigenvalue weighted by molar-refractivity contribution is 1.05. The van der Waals surface area contributed by atoms with Crippen molar-refractivity contribution in [2.24, 2.45) is 0 Å². The standard InChI is InChI=1S/C4H6N2/c1-4-2-3-5-6-4/h2-3H,1H3,(H,5,6)/i/hD. The number of hydrogen-bond acceptors (Lipinski definition) is 1. The zero-order chi connectivity index (χ0) is 5.28. The predicted molar refractivity (Wildman–Crippen MR) is 23.3 cm³/mol. The van der Waals surface area contributed by atoms with Crippen LogP contribution >= 0.6 is 0 Å². The molecular weight excluding hydrogens is 76.1 g/mol. The molecule has 32 valence electrons. The third-order valence-corrected chi connectivity index (χ3v) is 0.598. The summed E-state index contributed by atoms with van der Waals surface area (Å²) in [5.74, 6) is 0. The van der Waals surface area contributed by atoms with Crippen LogP contribution in [0.2, 0.25) is 1.41 Å². The fourth-order valence-corrected chi connectivity index (χ4v) is 0.299. The number of nitrogens with zero attached hydrogens (tertiary/aromatic N) is 1. The maximum Gasteiger partial charge on any atom is 0.189 e. The van der Waals surface area contributed by atoms with Gasteiger partial charge in [0.15, 0.2) is 1.41 Å². The lowest BCUT2D eigenvalue weighted by atomic mass is 10.5. The molecule has 1 aromatic rings. The third-order valence-electron chi connectivity index (χ3n) is 0.598. The van der Waals surface area contributed by atoms with Gasteiger partial charge < -0.3 is 0 Å². The van der Waals surface area contributed by atoms with Crippen LogP contribution in [0, 0.1) is 6.92 Å². The Bertz CT molecular complexity index is 142. The van der Waals surface area contributed by atoms with E-state index in [2.05, 4.69) is 5.10 Å². The van der Waals surface area contributed by atoms with Crippen LogP contribution in [0.25, 0.3) is 0 Å². The molecule has 2 heteroatoms. The first-order chi connectivity index (χ1) is 3.29. The molecule has 0 aliphatic rings. The second-order valence-corrected chi connectivity index (χ2v) is 1.17. The Labute approximate surface area is 37.7 Å². The minimum absolute atomic E-state index is 0.884. The quantitative estimate of drug-likeness (QED) is 0.492. The van der Waals surface area contributed by atoms with E-state index in [1.54, 1.807) is 12.3 Å². The van der Waals surface area contributed by atoms with Crippen LogP contribution in [0.5, 0.6) is 0 Å². The highest BCUT2D eigenvalue weighted by atomic mass is 15.1. The summed E-state index contributed by atoms with van der Waals surface area (Å²) < 4.78 is 6.82. The average Bonchev–Trinajstić information content (AvgIpc) is 1.87. The molecule has 0 radical (unpaired) electrons. The van der Waals surface area contributed by atoms with E-state index in [9.17, 15) is 0 Å². The highest BCUT2D eigenvalue weighted by Crippen LogP contribution is 1.82. The Balaban J connectivity index is 3.04. The zero-order valence-electron chi connectivity index (χ0n) is 4.55. The van der Waals surface area contributed by atoms with Crippen molar-refractivity contribution < 1.29 is 1.41 Å². The van der Waals surface area contributed by atoms with Gasteiger partial charge in [-0.15, -0.1) is 0 Å². The second-order valence-electron chi connectivity index (χ2n) is 1.17. The monoisotopic (exact) mass is 83.1 g/mol. The van der Waals surface area contributed by atoms with Gasteiger partial charge in [0.25, 0.3) is 0 Å². The summed E-state index contributed by atoms with van der Waals surface area (Å²) in [6, 6.07) is 1.78. The van der Waals surface area contributed by atoms with E-state index >= 15 is 0 Å². The summed E-state index contributed by atoms with van der Waals surface area (Å²) in [4.78, 5) is 0. The van der Waals surface area contributed by atoms with E-state index in [1.165, 1.54) is 0 Å². The number of aromatic amines is 1. The van der Waals surface area contributed by atoms with Crippen molar-refractivity contribution in [1.29, 1.82) is 0 Å². The smallest absolute Gasteiger partial charge is 0.189 e. The molecule has 0 aliphatic carbocycles. The fourth-order valence-electron chi connectivity index (χ4n) is 0.299. The number of aryl methyl sites for hydroxylation is 1. The first kappa shape index (κ1) is 2.39. The van der Waals surface area contributed by atoms with Gasteiger partial charge in [-0.2, -0.15) is 5.10 Å². The normalized spacial score (nSPS) is 11.2. The topological polar surface area (TPSA) is 28.7 Å². The number of hydrogen-bond donors (Lipinski definition) is 1. The Hall–Kier alpha value is -0.790. The van der Waals surface area contributed by atoms with Gasteiger partial charge in [-0.05, 0) is 13.0 Å². The summed E-state index contributed by atoms with van der Waals surface area (Å²) in [5.41, 5.74) is 0.884. The lowest BCUT2D eigenvalue weighted by Crippen LogP contribution is -1.65. The highest BCUT2D eigenvalue weighted by molar-refractivity contribution is 4.91. The van der Waals surface area contributed by atoms with E-state index < -0.39 is 0 Å². The van der Waals surface area contributed by atoms with Gasteiger partial charge in [0.2, 0.25) is 0 Å². The second kappa shape index (κ2) is 1.12. The summed E-state index contributed by atoms with van der Waals surface area (Å²) in [6.07, 6.45) is 1.59. The Morgan fingerprint density at radius 1 is 2.17 bits per heavy atom. The summed E-state index contributed by atoms with van der Waals surface area (Å²) in [6.45, 7) is 1.85. The summed E-state index contributed by atoms with van der Waals surface area (Å²) >= 11 is 0. The highest BCUT2D eigenvalue weighted by Gasteiger charge is 1.74. The van der Waals surface area contributed by atoms with E-state index in [4.69, 9.17) is 1.41 Å². The number of aromatic nitrogens is 2. The lowest BCUT2D eigenvalue weighted by Gasteiger charge is -1.65. The van der Waals surface area contributed by atoms with E-state index in [1.807, 2.05) is 6.92 Å². The van der Waals surface area contributed by atoms with E-state index in [-0.39, 0.29) is 0 Å².